The number of hydrogen-bond acceptors (Lipinski definition) is 5. The zero-order chi connectivity index (χ0) is 20.4. The standard InChI is InChI=1S/C22H27N5O2/c1-15-8-9-27-21(25-15)20(11-24-27)22(28)23-10-18-4-6-19(7-5-18)14-26-12-16(2)29-17(3)13-26/h4-9,11,16-17H,10,12-14H2,1-3H3,(H,23,28). The van der Waals surface area contributed by atoms with Crippen LogP contribution in [0.5, 0.6) is 0 Å². The second-order valence-electron chi connectivity index (χ2n) is 7.85. The second kappa shape index (κ2) is 8.31. The molecule has 29 heavy (non-hydrogen) atoms. The molecule has 1 N–H and O–H groups in total. The molecule has 1 saturated heterocycles. The van der Waals surface area contributed by atoms with Crippen LogP contribution in [0.1, 0.15) is 41.0 Å². The number of nitrogens with one attached hydrogen (secondary N) is 1. The number of carbonyl (C=O) groups excluding carboxylic acids is 1. The molecule has 2 aromatic heterocycles. The zero-order valence-corrected chi connectivity index (χ0v) is 17.1. The average Bonchev–Trinajstić information content (AvgIpc) is 3.09. The lowest BCUT2D eigenvalue weighted by atomic mass is 10.1. The maximum atomic E-state index is 12.6. The molecule has 0 bridgehead atoms. The minimum absolute atomic E-state index is 0.168. The van der Waals surface area contributed by atoms with Crippen molar-refractivity contribution in [3.63, 3.8) is 0 Å². The molecule has 1 aliphatic rings. The Kier molecular flexibility index (Phi) is 5.60. The minimum Gasteiger partial charge on any atom is -0.373 e. The SMILES string of the molecule is Cc1ccn2ncc(C(=O)NCc3ccc(CN4CC(C)OC(C)C4)cc3)c2n1. The van der Waals surface area contributed by atoms with Gasteiger partial charge in [0.25, 0.3) is 5.91 Å². The monoisotopic (exact) mass is 393 g/mol. The van der Waals surface area contributed by atoms with Crippen LogP contribution in [-0.4, -0.2) is 50.7 Å². The average molecular weight is 393 g/mol. The summed E-state index contributed by atoms with van der Waals surface area (Å²) in [6, 6.07) is 10.3. The molecule has 3 aromatic rings. The smallest absolute Gasteiger partial charge is 0.257 e. The van der Waals surface area contributed by atoms with Crippen LogP contribution >= 0.6 is 0 Å². The summed E-state index contributed by atoms with van der Waals surface area (Å²) < 4.78 is 7.41. The third-order valence-corrected chi connectivity index (χ3v) is 5.13. The number of hydrogen-bond donors (Lipinski definition) is 1. The van der Waals surface area contributed by atoms with Gasteiger partial charge in [0.05, 0.1) is 18.4 Å². The molecule has 1 aromatic carbocycles. The van der Waals surface area contributed by atoms with Gasteiger partial charge in [0.2, 0.25) is 0 Å². The highest BCUT2D eigenvalue weighted by Gasteiger charge is 2.22. The van der Waals surface area contributed by atoms with Crippen molar-refractivity contribution in [2.45, 2.75) is 46.1 Å². The summed E-state index contributed by atoms with van der Waals surface area (Å²) in [5.41, 5.74) is 4.24. The van der Waals surface area contributed by atoms with E-state index < -0.39 is 0 Å². The number of benzene rings is 1. The Morgan fingerprint density at radius 2 is 1.83 bits per heavy atom. The molecular weight excluding hydrogens is 366 g/mol. The first-order chi connectivity index (χ1) is 14.0. The van der Waals surface area contributed by atoms with E-state index in [4.69, 9.17) is 4.74 Å². The lowest BCUT2D eigenvalue weighted by molar-refractivity contribution is -0.0704. The van der Waals surface area contributed by atoms with E-state index in [9.17, 15) is 4.79 Å². The summed E-state index contributed by atoms with van der Waals surface area (Å²) in [4.78, 5) is 19.4. The van der Waals surface area contributed by atoms with Crippen molar-refractivity contribution in [2.24, 2.45) is 0 Å². The Morgan fingerprint density at radius 3 is 2.55 bits per heavy atom. The van der Waals surface area contributed by atoms with Crippen LogP contribution in [-0.2, 0) is 17.8 Å². The molecule has 0 spiro atoms. The molecule has 1 fully saturated rings. The third-order valence-electron chi connectivity index (χ3n) is 5.13. The van der Waals surface area contributed by atoms with E-state index in [1.807, 2.05) is 19.2 Å². The van der Waals surface area contributed by atoms with E-state index in [1.165, 1.54) is 5.56 Å². The van der Waals surface area contributed by atoms with E-state index >= 15 is 0 Å². The van der Waals surface area contributed by atoms with Gasteiger partial charge in [-0.2, -0.15) is 5.10 Å². The van der Waals surface area contributed by atoms with Crippen molar-refractivity contribution in [1.29, 1.82) is 0 Å². The normalized spacial score (nSPS) is 20.1. The van der Waals surface area contributed by atoms with Crippen molar-refractivity contribution in [3.8, 4) is 0 Å². The first-order valence-corrected chi connectivity index (χ1v) is 10.0. The maximum absolute atomic E-state index is 12.6. The van der Waals surface area contributed by atoms with Crippen LogP contribution < -0.4 is 5.32 Å². The highest BCUT2D eigenvalue weighted by Crippen LogP contribution is 2.15. The van der Waals surface area contributed by atoms with Gasteiger partial charge in [0.15, 0.2) is 5.65 Å². The molecule has 1 aliphatic heterocycles. The molecule has 0 radical (unpaired) electrons. The summed E-state index contributed by atoms with van der Waals surface area (Å²) in [6.45, 7) is 9.43. The summed E-state index contributed by atoms with van der Waals surface area (Å²) in [5, 5.41) is 7.16. The lowest BCUT2D eigenvalue weighted by Gasteiger charge is -2.35. The van der Waals surface area contributed by atoms with Gasteiger partial charge < -0.3 is 10.1 Å². The van der Waals surface area contributed by atoms with Crippen LogP contribution in [0.2, 0.25) is 0 Å². The topological polar surface area (TPSA) is 71.8 Å². The van der Waals surface area contributed by atoms with Crippen molar-refractivity contribution in [2.75, 3.05) is 13.1 Å². The van der Waals surface area contributed by atoms with E-state index in [2.05, 4.69) is 58.4 Å². The fourth-order valence-corrected chi connectivity index (χ4v) is 3.83. The molecular formula is C22H27N5O2. The third kappa shape index (κ3) is 4.63. The summed E-state index contributed by atoms with van der Waals surface area (Å²) in [7, 11) is 0. The Bertz CT molecular complexity index is 988. The number of ether oxygens (including phenoxy) is 1. The first kappa shape index (κ1) is 19.5. The largest absolute Gasteiger partial charge is 0.373 e. The summed E-state index contributed by atoms with van der Waals surface area (Å²) in [6.07, 6.45) is 3.91. The predicted molar refractivity (Wildman–Crippen MR) is 111 cm³/mol. The van der Waals surface area contributed by atoms with Crippen molar-refractivity contribution in [3.05, 3.63) is 65.1 Å². The quantitative estimate of drug-likeness (QED) is 0.721. The van der Waals surface area contributed by atoms with Gasteiger partial charge in [-0.1, -0.05) is 24.3 Å². The molecule has 1 amide bonds. The number of aryl methyl sites for hydroxylation is 1. The van der Waals surface area contributed by atoms with Gasteiger partial charge in [0, 0.05) is 38.1 Å². The Hall–Kier alpha value is -2.77. The van der Waals surface area contributed by atoms with Gasteiger partial charge in [-0.3, -0.25) is 9.69 Å². The highest BCUT2D eigenvalue weighted by molar-refractivity contribution is 5.99. The maximum Gasteiger partial charge on any atom is 0.257 e. The number of rotatable bonds is 5. The first-order valence-electron chi connectivity index (χ1n) is 10.0. The van der Waals surface area contributed by atoms with Crippen LogP contribution in [0.4, 0.5) is 0 Å². The number of aromatic nitrogens is 3. The number of morpholine rings is 1. The zero-order valence-electron chi connectivity index (χ0n) is 17.1. The van der Waals surface area contributed by atoms with E-state index in [1.54, 1.807) is 10.7 Å². The molecule has 2 atom stereocenters. The van der Waals surface area contributed by atoms with Crippen molar-refractivity contribution >= 4 is 11.6 Å². The van der Waals surface area contributed by atoms with Crippen molar-refractivity contribution in [1.82, 2.24) is 24.8 Å². The Morgan fingerprint density at radius 1 is 1.14 bits per heavy atom. The molecule has 7 heteroatoms. The van der Waals surface area contributed by atoms with Crippen LogP contribution in [0, 0.1) is 6.92 Å². The number of amides is 1. The van der Waals surface area contributed by atoms with Gasteiger partial charge in [0.1, 0.15) is 5.56 Å². The Labute approximate surface area is 170 Å². The second-order valence-corrected chi connectivity index (χ2v) is 7.85. The Balaban J connectivity index is 1.35. The predicted octanol–water partition coefficient (Wildman–Crippen LogP) is 2.58. The van der Waals surface area contributed by atoms with Gasteiger partial charge >= 0.3 is 0 Å². The molecule has 2 unspecified atom stereocenters. The van der Waals surface area contributed by atoms with E-state index in [0.29, 0.717) is 17.8 Å². The molecule has 7 nitrogen and oxygen atoms in total. The minimum atomic E-state index is -0.168. The lowest BCUT2D eigenvalue weighted by Crippen LogP contribution is -2.44. The summed E-state index contributed by atoms with van der Waals surface area (Å²) in [5.74, 6) is -0.168. The number of carbonyl (C=O) groups is 1. The molecule has 152 valence electrons. The van der Waals surface area contributed by atoms with Crippen LogP contribution in [0.3, 0.4) is 0 Å². The van der Waals surface area contributed by atoms with Gasteiger partial charge in [-0.15, -0.1) is 0 Å². The molecule has 0 aliphatic carbocycles. The molecule has 4 rings (SSSR count). The fourth-order valence-electron chi connectivity index (χ4n) is 3.83. The van der Waals surface area contributed by atoms with Crippen LogP contribution in [0.25, 0.3) is 5.65 Å². The van der Waals surface area contributed by atoms with Crippen molar-refractivity contribution < 1.29 is 9.53 Å². The number of fused-ring (bicyclic) bond motifs is 1. The van der Waals surface area contributed by atoms with Crippen LogP contribution in [0.15, 0.2) is 42.7 Å². The van der Waals surface area contributed by atoms with E-state index in [0.717, 1.165) is 30.9 Å². The highest BCUT2D eigenvalue weighted by atomic mass is 16.5. The van der Waals surface area contributed by atoms with Gasteiger partial charge in [-0.05, 0) is 38.0 Å². The van der Waals surface area contributed by atoms with E-state index in [-0.39, 0.29) is 18.1 Å². The molecule has 3 heterocycles. The summed E-state index contributed by atoms with van der Waals surface area (Å²) >= 11 is 0. The molecule has 0 saturated carbocycles. The van der Waals surface area contributed by atoms with Gasteiger partial charge in [-0.25, -0.2) is 9.50 Å². The number of nitrogens with zero attached hydrogens (tertiary/aromatic N) is 4. The fraction of sp³-hybridized carbons (Fsp3) is 0.409.